The average Bonchev–Trinajstić information content (AvgIpc) is 3.42. The highest BCUT2D eigenvalue weighted by molar-refractivity contribution is 5.94. The van der Waals surface area contributed by atoms with E-state index in [4.69, 9.17) is 0 Å². The summed E-state index contributed by atoms with van der Waals surface area (Å²) in [6.45, 7) is 1.15. The number of hydrogen-bond acceptors (Lipinski definition) is 3. The summed E-state index contributed by atoms with van der Waals surface area (Å²) in [5.74, 6) is 0.423. The molecule has 0 aromatic heterocycles. The van der Waals surface area contributed by atoms with Crippen LogP contribution in [0.5, 0.6) is 0 Å². The first kappa shape index (κ1) is 23.8. The molecule has 2 N–H and O–H groups in total. The molecule has 6 rings (SSSR count). The first-order chi connectivity index (χ1) is 18.2. The van der Waals surface area contributed by atoms with Crippen molar-refractivity contribution in [1.29, 1.82) is 0 Å². The van der Waals surface area contributed by atoms with Gasteiger partial charge in [0.05, 0.1) is 17.5 Å². The number of nitrogens with zero attached hydrogens (tertiary/aromatic N) is 1. The van der Waals surface area contributed by atoms with Crippen LogP contribution in [-0.2, 0) is 4.79 Å². The molecule has 5 nitrogen and oxygen atoms in total. The van der Waals surface area contributed by atoms with Crippen molar-refractivity contribution in [2.24, 2.45) is 11.3 Å². The van der Waals surface area contributed by atoms with Crippen molar-refractivity contribution in [2.75, 3.05) is 18.4 Å². The molecular formula is C32H35N3O2. The lowest BCUT2D eigenvalue weighted by Gasteiger charge is -2.44. The van der Waals surface area contributed by atoms with Crippen LogP contribution in [0.1, 0.15) is 72.1 Å². The van der Waals surface area contributed by atoms with Gasteiger partial charge in [-0.25, -0.2) is 0 Å². The molecule has 3 aromatic carbocycles. The predicted molar refractivity (Wildman–Crippen MR) is 146 cm³/mol. The molecule has 2 amide bonds. The molecule has 0 spiro atoms. The number of rotatable bonds is 5. The Kier molecular flexibility index (Phi) is 6.45. The largest absolute Gasteiger partial charge is 0.378 e. The van der Waals surface area contributed by atoms with Crippen molar-refractivity contribution in [3.8, 4) is 0 Å². The van der Waals surface area contributed by atoms with Crippen LogP contribution >= 0.6 is 0 Å². The highest BCUT2D eigenvalue weighted by Crippen LogP contribution is 2.53. The fraction of sp³-hybridized carbons (Fsp3) is 0.375. The third-order valence-electron chi connectivity index (χ3n) is 8.77. The summed E-state index contributed by atoms with van der Waals surface area (Å²) in [7, 11) is 0. The Labute approximate surface area is 219 Å². The molecule has 5 heteroatoms. The van der Waals surface area contributed by atoms with Gasteiger partial charge in [-0.2, -0.15) is 0 Å². The summed E-state index contributed by atoms with van der Waals surface area (Å²) in [6.07, 6.45) is 5.83. The van der Waals surface area contributed by atoms with Gasteiger partial charge in [0.15, 0.2) is 0 Å². The standard InChI is InChI=1S/C32H35N3O2/c36-30(24-14-6-2-7-15-24)33-22-32(19-10-3-11-20-32)31(37)35-21-18-26-28(23-12-4-1-5-13-23)34-27-17-9-8-16-25(27)29(26)35/h1-2,4-9,12-17,26,28-29,34H,3,10-11,18-22H2,(H,33,36)/t26-,28+,29+/m1/s1. The molecule has 1 saturated carbocycles. The number of carbonyl (C=O) groups is 2. The second-order valence-electron chi connectivity index (χ2n) is 10.9. The molecule has 190 valence electrons. The number of hydrogen-bond donors (Lipinski definition) is 2. The molecule has 1 saturated heterocycles. The van der Waals surface area contributed by atoms with Crippen molar-refractivity contribution in [3.63, 3.8) is 0 Å². The fourth-order valence-electron chi connectivity index (χ4n) is 6.88. The number of likely N-dealkylation sites (tertiary alicyclic amines) is 1. The quantitative estimate of drug-likeness (QED) is 0.450. The van der Waals surface area contributed by atoms with Gasteiger partial charge in [0.25, 0.3) is 5.91 Å². The van der Waals surface area contributed by atoms with Crippen LogP contribution in [0.3, 0.4) is 0 Å². The maximum Gasteiger partial charge on any atom is 0.251 e. The average molecular weight is 494 g/mol. The monoisotopic (exact) mass is 493 g/mol. The van der Waals surface area contributed by atoms with E-state index in [9.17, 15) is 9.59 Å². The zero-order valence-corrected chi connectivity index (χ0v) is 21.2. The molecule has 2 aliphatic heterocycles. The molecule has 2 fully saturated rings. The van der Waals surface area contributed by atoms with E-state index in [-0.39, 0.29) is 23.9 Å². The molecule has 3 atom stereocenters. The topological polar surface area (TPSA) is 61.4 Å². The lowest BCUT2D eigenvalue weighted by atomic mass is 9.72. The minimum absolute atomic E-state index is 0.0405. The molecule has 0 radical (unpaired) electrons. The third kappa shape index (κ3) is 4.41. The first-order valence-corrected chi connectivity index (χ1v) is 13.7. The van der Waals surface area contributed by atoms with Gasteiger partial charge in [-0.15, -0.1) is 0 Å². The van der Waals surface area contributed by atoms with Gasteiger partial charge in [0, 0.05) is 30.3 Å². The summed E-state index contributed by atoms with van der Waals surface area (Å²) in [4.78, 5) is 29.6. The van der Waals surface area contributed by atoms with Gasteiger partial charge in [0.1, 0.15) is 0 Å². The Morgan fingerprint density at radius 3 is 2.30 bits per heavy atom. The van der Waals surface area contributed by atoms with Gasteiger partial charge in [0.2, 0.25) is 5.91 Å². The SMILES string of the molecule is O=C(NCC1(C(=O)N2CC[C@@H]3[C@H](c4ccccc4)Nc4ccccc4[C@@H]32)CCCCC1)c1ccccc1. The molecular weight excluding hydrogens is 458 g/mol. The van der Waals surface area contributed by atoms with E-state index >= 15 is 0 Å². The van der Waals surface area contributed by atoms with E-state index in [1.807, 2.05) is 30.3 Å². The Hall–Kier alpha value is -3.60. The number of fused-ring (bicyclic) bond motifs is 3. The van der Waals surface area contributed by atoms with E-state index < -0.39 is 5.41 Å². The van der Waals surface area contributed by atoms with Gasteiger partial charge in [-0.05, 0) is 48.6 Å². The first-order valence-electron chi connectivity index (χ1n) is 13.7. The van der Waals surface area contributed by atoms with E-state index in [0.29, 0.717) is 18.0 Å². The zero-order chi connectivity index (χ0) is 25.2. The summed E-state index contributed by atoms with van der Waals surface area (Å²) < 4.78 is 0. The Bertz CT molecular complexity index is 1250. The highest BCUT2D eigenvalue weighted by atomic mass is 16.2. The number of carbonyl (C=O) groups excluding carboxylic acids is 2. The summed E-state index contributed by atoms with van der Waals surface area (Å²) in [6, 6.07) is 28.6. The van der Waals surface area contributed by atoms with E-state index in [1.54, 1.807) is 0 Å². The Morgan fingerprint density at radius 2 is 1.54 bits per heavy atom. The second-order valence-corrected chi connectivity index (χ2v) is 10.9. The number of benzene rings is 3. The van der Waals surface area contributed by atoms with Crippen LogP contribution in [0.2, 0.25) is 0 Å². The third-order valence-corrected chi connectivity index (χ3v) is 8.77. The van der Waals surface area contributed by atoms with Crippen molar-refractivity contribution < 1.29 is 9.59 Å². The van der Waals surface area contributed by atoms with Gasteiger partial charge in [-0.1, -0.05) is 86.0 Å². The van der Waals surface area contributed by atoms with Gasteiger partial charge < -0.3 is 15.5 Å². The molecule has 1 aliphatic carbocycles. The summed E-state index contributed by atoms with van der Waals surface area (Å²) in [5, 5.41) is 6.94. The molecule has 0 unspecified atom stereocenters. The lowest BCUT2D eigenvalue weighted by Crippen LogP contribution is -2.51. The van der Waals surface area contributed by atoms with Crippen molar-refractivity contribution in [2.45, 2.75) is 50.6 Å². The number of anilines is 1. The number of nitrogens with one attached hydrogen (secondary N) is 2. The molecule has 2 heterocycles. The van der Waals surface area contributed by atoms with Gasteiger partial charge in [-0.3, -0.25) is 9.59 Å². The van der Waals surface area contributed by atoms with Gasteiger partial charge >= 0.3 is 0 Å². The number of amides is 2. The predicted octanol–water partition coefficient (Wildman–Crippen LogP) is 6.12. The van der Waals surface area contributed by atoms with Crippen LogP contribution in [0.25, 0.3) is 0 Å². The smallest absolute Gasteiger partial charge is 0.251 e. The van der Waals surface area contributed by atoms with E-state index in [0.717, 1.165) is 50.8 Å². The molecule has 3 aliphatic rings. The van der Waals surface area contributed by atoms with Crippen molar-refractivity contribution in [3.05, 3.63) is 102 Å². The fourth-order valence-corrected chi connectivity index (χ4v) is 6.88. The molecule has 0 bridgehead atoms. The van der Waals surface area contributed by atoms with Crippen LogP contribution < -0.4 is 10.6 Å². The van der Waals surface area contributed by atoms with Crippen molar-refractivity contribution >= 4 is 17.5 Å². The van der Waals surface area contributed by atoms with E-state index in [1.165, 1.54) is 11.1 Å². The Morgan fingerprint density at radius 1 is 0.865 bits per heavy atom. The molecule has 3 aromatic rings. The van der Waals surface area contributed by atoms with E-state index in [2.05, 4.69) is 70.1 Å². The summed E-state index contributed by atoms with van der Waals surface area (Å²) in [5.41, 5.74) is 3.70. The van der Waals surface area contributed by atoms with Crippen LogP contribution in [-0.4, -0.2) is 29.8 Å². The summed E-state index contributed by atoms with van der Waals surface area (Å²) >= 11 is 0. The zero-order valence-electron chi connectivity index (χ0n) is 21.2. The molecule has 37 heavy (non-hydrogen) atoms. The number of para-hydroxylation sites is 1. The van der Waals surface area contributed by atoms with Crippen LogP contribution in [0, 0.1) is 11.3 Å². The second kappa shape index (κ2) is 10.0. The Balaban J connectivity index is 1.30. The maximum absolute atomic E-state index is 14.5. The lowest BCUT2D eigenvalue weighted by molar-refractivity contribution is -0.145. The van der Waals surface area contributed by atoms with Crippen molar-refractivity contribution in [1.82, 2.24) is 10.2 Å². The minimum atomic E-state index is -0.542. The van der Waals surface area contributed by atoms with Crippen LogP contribution in [0.4, 0.5) is 5.69 Å². The highest BCUT2D eigenvalue weighted by Gasteiger charge is 2.51. The minimum Gasteiger partial charge on any atom is -0.378 e. The van der Waals surface area contributed by atoms with Crippen LogP contribution in [0.15, 0.2) is 84.9 Å². The maximum atomic E-state index is 14.5. The normalized spacial score (nSPS) is 23.9.